The highest BCUT2D eigenvalue weighted by Gasteiger charge is 2.38. The van der Waals surface area contributed by atoms with Gasteiger partial charge >= 0.3 is 6.18 Å². The summed E-state index contributed by atoms with van der Waals surface area (Å²) in [5.41, 5.74) is 2.24. The van der Waals surface area contributed by atoms with E-state index in [1.54, 1.807) is 42.5 Å². The molecule has 0 radical (unpaired) electrons. The van der Waals surface area contributed by atoms with Crippen LogP contribution in [-0.2, 0) is 33.1 Å². The van der Waals surface area contributed by atoms with Crippen molar-refractivity contribution in [2.75, 3.05) is 18.7 Å². The third-order valence-corrected chi connectivity index (χ3v) is 12.0. The molecule has 2 aromatic heterocycles. The second-order valence-corrected chi connectivity index (χ2v) is 17.1. The summed E-state index contributed by atoms with van der Waals surface area (Å²) < 4.78 is 69.3. The van der Waals surface area contributed by atoms with Gasteiger partial charge in [-0.3, -0.25) is 4.79 Å². The monoisotopic (exact) mass is 800 g/mol. The van der Waals surface area contributed by atoms with Crippen molar-refractivity contribution in [1.29, 1.82) is 0 Å². The molecule has 0 bridgehead atoms. The first kappa shape index (κ1) is 38.0. The maximum absolute atomic E-state index is 14.4. The first-order chi connectivity index (χ1) is 25.6. The largest absolute Gasteiger partial charge is 0.473 e. The van der Waals surface area contributed by atoms with Crippen LogP contribution in [0.3, 0.4) is 0 Å². The topological polar surface area (TPSA) is 99.0 Å². The van der Waals surface area contributed by atoms with Crippen LogP contribution in [0.25, 0.3) is 11.3 Å². The molecule has 54 heavy (non-hydrogen) atoms. The fourth-order valence-corrected chi connectivity index (χ4v) is 8.29. The zero-order chi connectivity index (χ0) is 38.4. The van der Waals surface area contributed by atoms with Gasteiger partial charge in [0.15, 0.2) is 12.5 Å². The molecule has 15 heteroatoms. The van der Waals surface area contributed by atoms with Gasteiger partial charge in [-0.15, -0.1) is 0 Å². The number of benzene rings is 3. The summed E-state index contributed by atoms with van der Waals surface area (Å²) in [6, 6.07) is 22.1. The fourth-order valence-electron chi connectivity index (χ4n) is 6.06. The second-order valence-electron chi connectivity index (χ2n) is 14.2. The number of amides is 1. The van der Waals surface area contributed by atoms with Crippen molar-refractivity contribution < 1.29 is 35.6 Å². The molecule has 0 unspecified atom stereocenters. The van der Waals surface area contributed by atoms with Crippen LogP contribution in [-0.4, -0.2) is 29.9 Å². The van der Waals surface area contributed by atoms with Crippen molar-refractivity contribution >= 4 is 45.6 Å². The van der Waals surface area contributed by atoms with E-state index < -0.39 is 28.6 Å². The Hall–Kier alpha value is -4.27. The molecule has 0 atom stereocenters. The van der Waals surface area contributed by atoms with Crippen LogP contribution < -0.4 is 14.4 Å². The number of alkyl halides is 3. The van der Waals surface area contributed by atoms with E-state index in [-0.39, 0.29) is 42.8 Å². The van der Waals surface area contributed by atoms with Crippen molar-refractivity contribution in [1.82, 2.24) is 14.9 Å². The number of aromatic nitrogens is 2. The maximum atomic E-state index is 14.4. The summed E-state index contributed by atoms with van der Waals surface area (Å²) in [6.45, 7) is 6.35. The first-order valence-corrected chi connectivity index (χ1v) is 19.4. The molecular weight excluding hydrogens is 764 g/mol. The molecule has 5 aromatic rings. The molecule has 1 saturated heterocycles. The molecule has 2 aliphatic rings. The Bertz CT molecular complexity index is 2150. The summed E-state index contributed by atoms with van der Waals surface area (Å²) in [4.78, 5) is 19.3. The Labute approximate surface area is 322 Å². The number of nitrogens with one attached hydrogen (secondary N) is 1. The van der Waals surface area contributed by atoms with Crippen molar-refractivity contribution in [2.24, 2.45) is 0 Å². The molecular formula is C39H37Cl2F3N4O5S. The zero-order valence-electron chi connectivity index (χ0n) is 29.8. The van der Waals surface area contributed by atoms with Gasteiger partial charge in [-0.05, 0) is 71.8 Å². The minimum Gasteiger partial charge on any atom is -0.473 e. The minimum absolute atomic E-state index is 0.0392. The van der Waals surface area contributed by atoms with Gasteiger partial charge in [0, 0.05) is 36.7 Å². The van der Waals surface area contributed by atoms with E-state index in [2.05, 4.69) is 35.6 Å². The minimum atomic E-state index is -4.78. The molecule has 1 aliphatic heterocycles. The van der Waals surface area contributed by atoms with Gasteiger partial charge in [-0.25, -0.2) is 18.1 Å². The lowest BCUT2D eigenvalue weighted by Crippen LogP contribution is -2.37. The molecule has 7 rings (SSSR count). The number of carbonyl (C=O) groups excluding carboxylic acids is 1. The lowest BCUT2D eigenvalue weighted by molar-refractivity contribution is -0.140. The first-order valence-electron chi connectivity index (χ1n) is 17.1. The average molecular weight is 802 g/mol. The van der Waals surface area contributed by atoms with Crippen LogP contribution in [0.5, 0.6) is 5.88 Å². The maximum Gasteiger partial charge on any atom is 0.435 e. The summed E-state index contributed by atoms with van der Waals surface area (Å²) in [5.74, 6) is 0.0946. The van der Waals surface area contributed by atoms with Gasteiger partial charge in [-0.1, -0.05) is 90.2 Å². The van der Waals surface area contributed by atoms with Crippen LogP contribution in [0.15, 0.2) is 88.3 Å². The normalized spacial score (nSPS) is 16.0. The standard InChI is InChI=1S/C39H37Cl2F3N4O5S/c1-38(2,3)26-14-16-27(17-15-26)54(51-22-52-54)47-37(49)25-10-8-23(9-11-25)20-48(4)31-18-19-32(45-36(31)39(42,43)44)50-21-28-34(46-53-35(28)24-12-13-24)33-29(40)6-5-7-30(33)41/h5-11,14-19,24H,12-13,20-22H2,1-4H3,(H,47,49). The van der Waals surface area contributed by atoms with Crippen LogP contribution in [0.1, 0.15) is 78.0 Å². The SMILES string of the molecule is CN(Cc1ccc(C(=O)NS2(c3ccc(C(C)(C)C)cc3)OCO2)cc1)c1ccc(OCc2c(-c3c(Cl)cccc3Cl)noc2C2CC2)nc1C(F)(F)F. The van der Waals surface area contributed by atoms with Gasteiger partial charge in [0.25, 0.3) is 5.91 Å². The third kappa shape index (κ3) is 7.92. The van der Waals surface area contributed by atoms with E-state index >= 15 is 0 Å². The molecule has 3 aromatic carbocycles. The highest BCUT2D eigenvalue weighted by molar-refractivity contribution is 8.25. The zero-order valence-corrected chi connectivity index (χ0v) is 32.1. The number of hydrogen-bond donors (Lipinski definition) is 1. The van der Waals surface area contributed by atoms with E-state index in [1.165, 1.54) is 24.1 Å². The van der Waals surface area contributed by atoms with E-state index in [0.29, 0.717) is 43.8 Å². The van der Waals surface area contributed by atoms with Gasteiger partial charge in [0.1, 0.15) is 18.1 Å². The molecule has 9 nitrogen and oxygen atoms in total. The Morgan fingerprint density at radius 2 is 1.63 bits per heavy atom. The van der Waals surface area contributed by atoms with Crippen molar-refractivity contribution in [2.45, 2.75) is 69.2 Å². The molecule has 3 heterocycles. The number of anilines is 1. The molecule has 2 fully saturated rings. The quantitative estimate of drug-likeness (QED) is 0.141. The molecule has 1 saturated carbocycles. The van der Waals surface area contributed by atoms with E-state index in [9.17, 15) is 18.0 Å². The van der Waals surface area contributed by atoms with Crippen LogP contribution >= 0.6 is 34.0 Å². The molecule has 1 aliphatic carbocycles. The highest BCUT2D eigenvalue weighted by Crippen LogP contribution is 2.60. The second kappa shape index (κ2) is 14.8. The predicted molar refractivity (Wildman–Crippen MR) is 202 cm³/mol. The number of carbonyl (C=O) groups is 1. The van der Waals surface area contributed by atoms with Crippen molar-refractivity contribution in [3.8, 4) is 17.1 Å². The highest BCUT2D eigenvalue weighted by atomic mass is 35.5. The summed E-state index contributed by atoms with van der Waals surface area (Å²) in [5, 5.41) is 4.92. The third-order valence-electron chi connectivity index (χ3n) is 9.18. The summed E-state index contributed by atoms with van der Waals surface area (Å²) in [7, 11) is -0.924. The number of halogens is 5. The Kier molecular flexibility index (Phi) is 10.4. The van der Waals surface area contributed by atoms with Gasteiger partial charge in [-0.2, -0.15) is 13.2 Å². The van der Waals surface area contributed by atoms with E-state index in [1.807, 2.05) is 24.3 Å². The smallest absolute Gasteiger partial charge is 0.435 e. The Balaban J connectivity index is 1.04. The van der Waals surface area contributed by atoms with Crippen molar-refractivity contribution in [3.63, 3.8) is 0 Å². The fraction of sp³-hybridized carbons (Fsp3) is 0.308. The van der Waals surface area contributed by atoms with E-state index in [4.69, 9.17) is 40.8 Å². The molecule has 0 spiro atoms. The summed E-state index contributed by atoms with van der Waals surface area (Å²) in [6.07, 6.45) is -3.00. The van der Waals surface area contributed by atoms with Gasteiger partial charge < -0.3 is 14.2 Å². The van der Waals surface area contributed by atoms with Crippen LogP contribution in [0, 0.1) is 0 Å². The molecule has 284 valence electrons. The molecule has 1 amide bonds. The number of nitrogens with zero attached hydrogens (tertiary/aromatic N) is 3. The lowest BCUT2D eigenvalue weighted by Gasteiger charge is -2.49. The number of pyridine rings is 1. The lowest BCUT2D eigenvalue weighted by atomic mass is 9.87. The average Bonchev–Trinajstić information content (AvgIpc) is 3.88. The summed E-state index contributed by atoms with van der Waals surface area (Å²) >= 11 is 12.9. The Morgan fingerprint density at radius 1 is 0.963 bits per heavy atom. The van der Waals surface area contributed by atoms with E-state index in [0.717, 1.165) is 23.3 Å². The Morgan fingerprint density at radius 3 is 2.20 bits per heavy atom. The van der Waals surface area contributed by atoms with Gasteiger partial charge in [0.05, 0.1) is 26.2 Å². The van der Waals surface area contributed by atoms with Crippen LogP contribution in [0.4, 0.5) is 18.9 Å². The van der Waals surface area contributed by atoms with Gasteiger partial charge in [0.2, 0.25) is 5.88 Å². The van der Waals surface area contributed by atoms with Crippen LogP contribution in [0.2, 0.25) is 10.0 Å². The predicted octanol–water partition coefficient (Wildman–Crippen LogP) is 10.8. The van der Waals surface area contributed by atoms with Crippen molar-refractivity contribution in [3.05, 3.63) is 123 Å². The number of hydrogen-bond acceptors (Lipinski definition) is 8. The number of ether oxygens (including phenoxy) is 1. The molecule has 1 N–H and O–H groups in total. The number of rotatable bonds is 11.